The minimum Gasteiger partial charge on any atom is -0.481 e. The van der Waals surface area contributed by atoms with Crippen molar-refractivity contribution in [1.29, 1.82) is 0 Å². The number of hydrogen-bond acceptors (Lipinski definition) is 4. The van der Waals surface area contributed by atoms with Crippen LogP contribution in [0.4, 0.5) is 0 Å². The first-order chi connectivity index (χ1) is 9.27. The van der Waals surface area contributed by atoms with Crippen LogP contribution in [0, 0.1) is 0 Å². The Morgan fingerprint density at radius 2 is 1.26 bits per heavy atom. The summed E-state index contributed by atoms with van der Waals surface area (Å²) in [5.74, 6) is 3.04. The van der Waals surface area contributed by atoms with E-state index in [2.05, 4.69) is 0 Å². The van der Waals surface area contributed by atoms with Gasteiger partial charge in [0.15, 0.2) is 0 Å². The molecule has 0 aliphatic heterocycles. The molecule has 0 bridgehead atoms. The second-order valence-corrected chi connectivity index (χ2v) is 7.01. The average molecular weight is 308 g/mol. The van der Waals surface area contributed by atoms with E-state index in [0.717, 1.165) is 25.1 Å². The maximum absolute atomic E-state index is 10.3. The number of carboxylic acid groups (broad SMARTS) is 1. The second kappa shape index (κ2) is 16.2. The van der Waals surface area contributed by atoms with Gasteiger partial charge in [-0.25, -0.2) is 0 Å². The van der Waals surface area contributed by atoms with Crippen LogP contribution in [0.15, 0.2) is 0 Å². The van der Waals surface area contributed by atoms with Crippen LogP contribution < -0.4 is 5.73 Å². The highest BCUT2D eigenvalue weighted by atomic mass is 32.2. The van der Waals surface area contributed by atoms with Gasteiger partial charge in [0, 0.05) is 0 Å². The normalized spacial score (nSPS) is 10.8. The van der Waals surface area contributed by atoms with Gasteiger partial charge in [0.05, 0.1) is 5.75 Å². The summed E-state index contributed by atoms with van der Waals surface area (Å²) in [6, 6.07) is 0. The Labute approximate surface area is 126 Å². The van der Waals surface area contributed by atoms with Crippen LogP contribution in [0.25, 0.3) is 0 Å². The molecule has 0 atom stereocenters. The zero-order valence-corrected chi connectivity index (χ0v) is 13.6. The van der Waals surface area contributed by atoms with Crippen molar-refractivity contribution in [2.24, 2.45) is 5.73 Å². The molecule has 5 heteroatoms. The van der Waals surface area contributed by atoms with E-state index in [1.54, 1.807) is 0 Å². The van der Waals surface area contributed by atoms with Gasteiger partial charge in [-0.1, -0.05) is 32.1 Å². The summed E-state index contributed by atoms with van der Waals surface area (Å²) in [4.78, 5) is 10.3. The molecule has 0 amide bonds. The van der Waals surface area contributed by atoms with Crippen molar-refractivity contribution in [3.8, 4) is 0 Å². The monoisotopic (exact) mass is 307 g/mol. The van der Waals surface area contributed by atoms with Crippen molar-refractivity contribution in [3.05, 3.63) is 0 Å². The van der Waals surface area contributed by atoms with Crippen LogP contribution in [0.1, 0.15) is 51.4 Å². The molecule has 0 aromatic rings. The number of unbranched alkanes of at least 4 members (excludes halogenated alkanes) is 6. The molecule has 0 aliphatic carbocycles. The summed E-state index contributed by atoms with van der Waals surface area (Å²) in [5, 5.41) is 8.48. The summed E-state index contributed by atoms with van der Waals surface area (Å²) in [6.45, 7) is 0.817. The smallest absolute Gasteiger partial charge is 0.313 e. The van der Waals surface area contributed by atoms with Crippen molar-refractivity contribution in [2.45, 2.75) is 51.4 Å². The highest BCUT2D eigenvalue weighted by molar-refractivity contribution is 7.99. The molecule has 0 saturated carbocycles. The molecule has 19 heavy (non-hydrogen) atoms. The van der Waals surface area contributed by atoms with E-state index >= 15 is 0 Å². The lowest BCUT2D eigenvalue weighted by Crippen LogP contribution is -1.99. The Morgan fingerprint density at radius 3 is 1.79 bits per heavy atom. The molecule has 0 saturated heterocycles. The van der Waals surface area contributed by atoms with Gasteiger partial charge in [-0.15, -0.1) is 0 Å². The largest absolute Gasteiger partial charge is 0.481 e. The van der Waals surface area contributed by atoms with Crippen molar-refractivity contribution < 1.29 is 9.90 Å². The molecule has 0 unspecified atom stereocenters. The Balaban J connectivity index is 2.93. The number of hydrogen-bond donors (Lipinski definition) is 2. The minimum absolute atomic E-state index is 0.252. The maximum Gasteiger partial charge on any atom is 0.313 e. The Morgan fingerprint density at radius 1 is 0.789 bits per heavy atom. The van der Waals surface area contributed by atoms with E-state index in [9.17, 15) is 4.79 Å². The fourth-order valence-corrected chi connectivity index (χ4v) is 3.45. The lowest BCUT2D eigenvalue weighted by atomic mass is 10.1. The fraction of sp³-hybridized carbons (Fsp3) is 0.929. The van der Waals surface area contributed by atoms with Crippen LogP contribution in [0.2, 0.25) is 0 Å². The van der Waals surface area contributed by atoms with Gasteiger partial charge >= 0.3 is 5.97 Å². The third-order valence-electron chi connectivity index (χ3n) is 2.80. The Kier molecular flexibility index (Phi) is 16.3. The molecule has 0 aromatic heterocycles. The predicted octanol–water partition coefficient (Wildman–Crippen LogP) is 3.62. The van der Waals surface area contributed by atoms with E-state index in [1.807, 2.05) is 11.8 Å². The summed E-state index contributed by atoms with van der Waals surface area (Å²) < 4.78 is 0. The number of aliphatic carboxylic acids is 1. The third kappa shape index (κ3) is 18.1. The van der Waals surface area contributed by atoms with Crippen LogP contribution in [-0.2, 0) is 4.79 Å². The van der Waals surface area contributed by atoms with Crippen molar-refractivity contribution >= 4 is 29.5 Å². The average Bonchev–Trinajstić information content (AvgIpc) is 2.39. The lowest BCUT2D eigenvalue weighted by molar-refractivity contribution is -0.133. The lowest BCUT2D eigenvalue weighted by Gasteiger charge is -2.02. The van der Waals surface area contributed by atoms with Crippen molar-refractivity contribution in [3.63, 3.8) is 0 Å². The van der Waals surface area contributed by atoms with E-state index < -0.39 is 5.97 Å². The van der Waals surface area contributed by atoms with Gasteiger partial charge in [-0.05, 0) is 43.1 Å². The molecule has 0 radical (unpaired) electrons. The van der Waals surface area contributed by atoms with Crippen LogP contribution in [0.5, 0.6) is 0 Å². The van der Waals surface area contributed by atoms with Gasteiger partial charge < -0.3 is 10.8 Å². The molecule has 0 heterocycles. The number of rotatable bonds is 15. The summed E-state index contributed by atoms with van der Waals surface area (Å²) in [7, 11) is 0. The van der Waals surface area contributed by atoms with Gasteiger partial charge in [-0.2, -0.15) is 23.5 Å². The van der Waals surface area contributed by atoms with Crippen LogP contribution in [0.3, 0.4) is 0 Å². The van der Waals surface area contributed by atoms with Gasteiger partial charge in [0.1, 0.15) is 0 Å². The predicted molar refractivity (Wildman–Crippen MR) is 88.3 cm³/mol. The van der Waals surface area contributed by atoms with Gasteiger partial charge in [0.25, 0.3) is 0 Å². The van der Waals surface area contributed by atoms with Crippen molar-refractivity contribution in [1.82, 2.24) is 0 Å². The van der Waals surface area contributed by atoms with Gasteiger partial charge in [-0.3, -0.25) is 4.79 Å². The molecule has 114 valence electrons. The zero-order chi connectivity index (χ0) is 14.2. The molecule has 0 aliphatic rings. The first kappa shape index (κ1) is 19.1. The fourth-order valence-electron chi connectivity index (χ4n) is 1.74. The highest BCUT2D eigenvalue weighted by Crippen LogP contribution is 2.12. The molecular weight excluding hydrogens is 278 g/mol. The summed E-state index contributed by atoms with van der Waals surface area (Å²) in [6.07, 6.45) is 10.2. The first-order valence-electron chi connectivity index (χ1n) is 7.34. The van der Waals surface area contributed by atoms with Gasteiger partial charge in [0.2, 0.25) is 0 Å². The summed E-state index contributed by atoms with van der Waals surface area (Å²) in [5.41, 5.74) is 5.44. The molecule has 0 fully saturated rings. The van der Waals surface area contributed by atoms with E-state index in [1.165, 1.54) is 61.8 Å². The molecule has 3 N–H and O–H groups in total. The minimum atomic E-state index is -0.700. The first-order valence-corrected chi connectivity index (χ1v) is 9.65. The van der Waals surface area contributed by atoms with Crippen LogP contribution in [-0.4, -0.2) is 40.6 Å². The van der Waals surface area contributed by atoms with E-state index in [4.69, 9.17) is 10.8 Å². The standard InChI is InChI=1S/C14H29NO2S2/c15-9-8-12-18-10-6-4-2-1-3-5-7-11-19-13-14(16)17/h1-13,15H2,(H,16,17). The van der Waals surface area contributed by atoms with Crippen molar-refractivity contribution in [2.75, 3.05) is 29.6 Å². The summed E-state index contributed by atoms with van der Waals surface area (Å²) >= 11 is 3.56. The quantitative estimate of drug-likeness (QED) is 0.452. The molecule has 0 rings (SSSR count). The Bertz CT molecular complexity index is 204. The molecule has 3 nitrogen and oxygen atoms in total. The zero-order valence-electron chi connectivity index (χ0n) is 11.9. The molecule has 0 spiro atoms. The highest BCUT2D eigenvalue weighted by Gasteiger charge is 1.97. The number of carboxylic acids is 1. The SMILES string of the molecule is NCCCSCCCCCCCCCSCC(=O)O. The van der Waals surface area contributed by atoms with E-state index in [-0.39, 0.29) is 5.75 Å². The third-order valence-corrected chi connectivity index (χ3v) is 4.98. The molecular formula is C14H29NO2S2. The maximum atomic E-state index is 10.3. The number of carbonyl (C=O) groups is 1. The topological polar surface area (TPSA) is 63.3 Å². The van der Waals surface area contributed by atoms with Crippen LogP contribution >= 0.6 is 23.5 Å². The number of thioether (sulfide) groups is 2. The number of nitrogens with two attached hydrogens (primary N) is 1. The Hall–Kier alpha value is 0.130. The molecule has 0 aromatic carbocycles. The van der Waals surface area contributed by atoms with E-state index in [0.29, 0.717) is 0 Å². The second-order valence-electron chi connectivity index (χ2n) is 4.68.